The Morgan fingerprint density at radius 1 is 1.27 bits per heavy atom. The lowest BCUT2D eigenvalue weighted by atomic mass is 10.1. The van der Waals surface area contributed by atoms with Gasteiger partial charge in [-0.05, 0) is 37.5 Å². The van der Waals surface area contributed by atoms with Gasteiger partial charge in [0.2, 0.25) is 11.8 Å². The molecule has 0 radical (unpaired) electrons. The number of nitrogens with zero attached hydrogens (tertiary/aromatic N) is 1. The molecule has 0 bridgehead atoms. The third-order valence-corrected chi connectivity index (χ3v) is 3.92. The number of hydrogen-bond acceptors (Lipinski definition) is 2. The Kier molecular flexibility index (Phi) is 8.17. The van der Waals surface area contributed by atoms with E-state index in [4.69, 9.17) is 0 Å². The molecule has 4 nitrogen and oxygen atoms in total. The summed E-state index contributed by atoms with van der Waals surface area (Å²) in [6.45, 7) is 6.84. The smallest absolute Gasteiger partial charge is 0.242 e. The largest absolute Gasteiger partial charge is 0.354 e. The number of benzene rings is 1. The second-order valence-corrected chi connectivity index (χ2v) is 6.28. The van der Waals surface area contributed by atoms with E-state index in [1.807, 2.05) is 38.1 Å². The lowest BCUT2D eigenvalue weighted by Gasteiger charge is -2.28. The van der Waals surface area contributed by atoms with Crippen molar-refractivity contribution >= 4 is 27.7 Å². The van der Waals surface area contributed by atoms with Crippen molar-refractivity contribution in [2.45, 2.75) is 52.6 Å². The molecule has 0 aliphatic carbocycles. The summed E-state index contributed by atoms with van der Waals surface area (Å²) in [6, 6.07) is 7.35. The number of hydrogen-bond donors (Lipinski definition) is 1. The van der Waals surface area contributed by atoms with Crippen molar-refractivity contribution < 1.29 is 9.59 Å². The zero-order chi connectivity index (χ0) is 16.5. The predicted molar refractivity (Wildman–Crippen MR) is 92.4 cm³/mol. The molecule has 1 atom stereocenters. The van der Waals surface area contributed by atoms with Gasteiger partial charge in [0.25, 0.3) is 0 Å². The van der Waals surface area contributed by atoms with Crippen LogP contribution in [0, 0.1) is 0 Å². The van der Waals surface area contributed by atoms with Gasteiger partial charge in [0.05, 0.1) is 0 Å². The molecule has 122 valence electrons. The van der Waals surface area contributed by atoms with Gasteiger partial charge in [-0.25, -0.2) is 0 Å². The summed E-state index contributed by atoms with van der Waals surface area (Å²) in [5.41, 5.74) is 1.01. The fraction of sp³-hybridized carbons (Fsp3) is 0.529. The van der Waals surface area contributed by atoms with Crippen LogP contribution in [-0.2, 0) is 16.1 Å². The van der Waals surface area contributed by atoms with Gasteiger partial charge in [0.15, 0.2) is 0 Å². The van der Waals surface area contributed by atoms with E-state index in [9.17, 15) is 9.59 Å². The molecule has 22 heavy (non-hydrogen) atoms. The van der Waals surface area contributed by atoms with E-state index in [0.717, 1.165) is 22.9 Å². The van der Waals surface area contributed by atoms with Crippen LogP contribution in [0.1, 0.15) is 45.6 Å². The predicted octanol–water partition coefficient (Wildman–Crippen LogP) is 3.49. The molecule has 2 amide bonds. The van der Waals surface area contributed by atoms with E-state index in [0.29, 0.717) is 19.5 Å². The van der Waals surface area contributed by atoms with Crippen LogP contribution in [0.3, 0.4) is 0 Å². The first-order valence-corrected chi connectivity index (χ1v) is 8.60. The summed E-state index contributed by atoms with van der Waals surface area (Å²) in [5.74, 6) is -0.0806. The van der Waals surface area contributed by atoms with E-state index < -0.39 is 6.04 Å². The van der Waals surface area contributed by atoms with Crippen LogP contribution in [0.5, 0.6) is 0 Å². The minimum atomic E-state index is -0.468. The SMILES string of the molecule is CCCNC(=O)[C@H](C)N(Cc1cccc(Br)c1)C(=O)CCC. The van der Waals surface area contributed by atoms with Crippen molar-refractivity contribution in [3.8, 4) is 0 Å². The van der Waals surface area contributed by atoms with E-state index in [-0.39, 0.29) is 11.8 Å². The maximum Gasteiger partial charge on any atom is 0.242 e. The van der Waals surface area contributed by atoms with Crippen LogP contribution in [0.25, 0.3) is 0 Å². The van der Waals surface area contributed by atoms with Crippen molar-refractivity contribution in [3.05, 3.63) is 34.3 Å². The lowest BCUT2D eigenvalue weighted by molar-refractivity contribution is -0.140. The fourth-order valence-corrected chi connectivity index (χ4v) is 2.61. The summed E-state index contributed by atoms with van der Waals surface area (Å²) in [5, 5.41) is 2.86. The van der Waals surface area contributed by atoms with Crippen molar-refractivity contribution in [1.82, 2.24) is 10.2 Å². The van der Waals surface area contributed by atoms with Crippen molar-refractivity contribution in [2.75, 3.05) is 6.54 Å². The van der Waals surface area contributed by atoms with Crippen LogP contribution >= 0.6 is 15.9 Å². The molecular weight excluding hydrogens is 344 g/mol. The van der Waals surface area contributed by atoms with Gasteiger partial charge < -0.3 is 10.2 Å². The first-order valence-electron chi connectivity index (χ1n) is 7.81. The Labute approximate surface area is 141 Å². The van der Waals surface area contributed by atoms with Gasteiger partial charge in [-0.1, -0.05) is 41.9 Å². The Bertz CT molecular complexity index is 505. The van der Waals surface area contributed by atoms with Gasteiger partial charge in [-0.3, -0.25) is 9.59 Å². The average molecular weight is 369 g/mol. The third kappa shape index (κ3) is 5.79. The molecule has 0 aliphatic heterocycles. The number of nitrogens with one attached hydrogen (secondary N) is 1. The van der Waals surface area contributed by atoms with Crippen LogP contribution in [0.4, 0.5) is 0 Å². The number of rotatable bonds is 8. The Hall–Kier alpha value is -1.36. The van der Waals surface area contributed by atoms with Crippen LogP contribution in [0.2, 0.25) is 0 Å². The molecule has 0 saturated heterocycles. The number of carbonyl (C=O) groups is 2. The van der Waals surface area contributed by atoms with Crippen LogP contribution in [0.15, 0.2) is 28.7 Å². The lowest BCUT2D eigenvalue weighted by Crippen LogP contribution is -2.47. The molecular formula is C17H25BrN2O2. The van der Waals surface area contributed by atoms with Crippen molar-refractivity contribution in [3.63, 3.8) is 0 Å². The maximum atomic E-state index is 12.4. The number of amides is 2. The molecule has 5 heteroatoms. The maximum absolute atomic E-state index is 12.4. The normalized spacial score (nSPS) is 11.8. The van der Waals surface area contributed by atoms with Crippen molar-refractivity contribution in [1.29, 1.82) is 0 Å². The summed E-state index contributed by atoms with van der Waals surface area (Å²) in [4.78, 5) is 26.2. The minimum Gasteiger partial charge on any atom is -0.354 e. The Morgan fingerprint density at radius 3 is 2.59 bits per heavy atom. The average Bonchev–Trinajstić information content (AvgIpc) is 2.49. The van der Waals surface area contributed by atoms with Gasteiger partial charge in [0.1, 0.15) is 6.04 Å². The van der Waals surface area contributed by atoms with Gasteiger partial charge in [0, 0.05) is 24.0 Å². The first kappa shape index (κ1) is 18.7. The zero-order valence-electron chi connectivity index (χ0n) is 13.6. The van der Waals surface area contributed by atoms with Gasteiger partial charge in [-0.2, -0.15) is 0 Å². The molecule has 0 aromatic heterocycles. The van der Waals surface area contributed by atoms with E-state index >= 15 is 0 Å². The first-order chi connectivity index (χ1) is 10.5. The van der Waals surface area contributed by atoms with E-state index in [1.165, 1.54) is 0 Å². The molecule has 0 aliphatic rings. The number of halogens is 1. The summed E-state index contributed by atoms with van der Waals surface area (Å²) < 4.78 is 0.968. The highest BCUT2D eigenvalue weighted by molar-refractivity contribution is 9.10. The zero-order valence-corrected chi connectivity index (χ0v) is 15.1. The second kappa shape index (κ2) is 9.62. The Balaban J connectivity index is 2.87. The summed E-state index contributed by atoms with van der Waals surface area (Å²) in [7, 11) is 0. The highest BCUT2D eigenvalue weighted by Gasteiger charge is 2.25. The fourth-order valence-electron chi connectivity index (χ4n) is 2.17. The molecule has 1 rings (SSSR count). The standard InChI is InChI=1S/C17H25BrN2O2/c1-4-7-16(21)20(13(3)17(22)19-10-5-2)12-14-8-6-9-15(18)11-14/h6,8-9,11,13H,4-5,7,10,12H2,1-3H3,(H,19,22)/t13-/m0/s1. The Morgan fingerprint density at radius 2 is 2.00 bits per heavy atom. The molecule has 0 saturated carbocycles. The molecule has 0 heterocycles. The van der Waals surface area contributed by atoms with E-state index in [1.54, 1.807) is 11.8 Å². The molecule has 0 unspecified atom stereocenters. The molecule has 0 fully saturated rings. The molecule has 0 spiro atoms. The van der Waals surface area contributed by atoms with Crippen LogP contribution in [-0.4, -0.2) is 29.3 Å². The van der Waals surface area contributed by atoms with Gasteiger partial charge in [-0.15, -0.1) is 0 Å². The highest BCUT2D eigenvalue weighted by atomic mass is 79.9. The second-order valence-electron chi connectivity index (χ2n) is 5.37. The van der Waals surface area contributed by atoms with Gasteiger partial charge >= 0.3 is 0 Å². The summed E-state index contributed by atoms with van der Waals surface area (Å²) >= 11 is 3.44. The monoisotopic (exact) mass is 368 g/mol. The summed E-state index contributed by atoms with van der Waals surface area (Å²) in [6.07, 6.45) is 2.11. The minimum absolute atomic E-state index is 0.0154. The number of carbonyl (C=O) groups excluding carboxylic acids is 2. The molecule has 1 N–H and O–H groups in total. The molecule has 1 aromatic rings. The highest BCUT2D eigenvalue weighted by Crippen LogP contribution is 2.16. The molecule has 1 aromatic carbocycles. The van der Waals surface area contributed by atoms with Crippen molar-refractivity contribution in [2.24, 2.45) is 0 Å². The third-order valence-electron chi connectivity index (χ3n) is 3.42. The topological polar surface area (TPSA) is 49.4 Å². The van der Waals surface area contributed by atoms with E-state index in [2.05, 4.69) is 21.2 Å². The van der Waals surface area contributed by atoms with Crippen LogP contribution < -0.4 is 5.32 Å². The quantitative estimate of drug-likeness (QED) is 0.763.